The highest BCUT2D eigenvalue weighted by Crippen LogP contribution is 2.39. The SMILES string of the molecule is COc1cccc([C@@H]2CCCC2C)c1. The molecule has 1 aromatic carbocycles. The van der Waals surface area contributed by atoms with Crippen LogP contribution in [0.2, 0.25) is 0 Å². The molecule has 0 spiro atoms. The molecule has 1 saturated carbocycles. The molecule has 0 bridgehead atoms. The van der Waals surface area contributed by atoms with E-state index in [9.17, 15) is 0 Å². The summed E-state index contributed by atoms with van der Waals surface area (Å²) in [6, 6.07) is 8.53. The lowest BCUT2D eigenvalue weighted by Gasteiger charge is -2.16. The van der Waals surface area contributed by atoms with Crippen LogP contribution in [0.3, 0.4) is 0 Å². The van der Waals surface area contributed by atoms with Gasteiger partial charge in [-0.2, -0.15) is 0 Å². The number of ether oxygens (including phenoxy) is 1. The fourth-order valence-electron chi connectivity index (χ4n) is 2.51. The third kappa shape index (κ3) is 1.77. The van der Waals surface area contributed by atoms with E-state index in [-0.39, 0.29) is 0 Å². The minimum Gasteiger partial charge on any atom is -0.497 e. The smallest absolute Gasteiger partial charge is 0.119 e. The van der Waals surface area contributed by atoms with Crippen molar-refractivity contribution < 1.29 is 4.74 Å². The van der Waals surface area contributed by atoms with Crippen molar-refractivity contribution in [1.82, 2.24) is 0 Å². The molecule has 0 radical (unpaired) electrons. The normalized spacial score (nSPS) is 26.4. The van der Waals surface area contributed by atoms with Gasteiger partial charge in [0.25, 0.3) is 0 Å². The minimum absolute atomic E-state index is 0.755. The van der Waals surface area contributed by atoms with Gasteiger partial charge in [-0.3, -0.25) is 0 Å². The second-order valence-electron chi connectivity index (χ2n) is 4.29. The molecule has 0 aliphatic heterocycles. The Morgan fingerprint density at radius 3 is 2.79 bits per heavy atom. The van der Waals surface area contributed by atoms with Crippen LogP contribution in [0.5, 0.6) is 5.75 Å². The summed E-state index contributed by atoms with van der Waals surface area (Å²) in [6.07, 6.45) is 4.10. The molecule has 0 aromatic heterocycles. The summed E-state index contributed by atoms with van der Waals surface area (Å²) < 4.78 is 5.25. The first kappa shape index (κ1) is 9.57. The Hall–Kier alpha value is -0.980. The largest absolute Gasteiger partial charge is 0.497 e. The molecule has 1 heteroatoms. The van der Waals surface area contributed by atoms with Gasteiger partial charge in [-0.1, -0.05) is 31.9 Å². The van der Waals surface area contributed by atoms with Gasteiger partial charge >= 0.3 is 0 Å². The van der Waals surface area contributed by atoms with Crippen LogP contribution in [0.25, 0.3) is 0 Å². The number of methoxy groups -OCH3 is 1. The Morgan fingerprint density at radius 1 is 1.29 bits per heavy atom. The quantitative estimate of drug-likeness (QED) is 0.692. The average Bonchev–Trinajstić information content (AvgIpc) is 2.65. The van der Waals surface area contributed by atoms with Gasteiger partial charge in [0.05, 0.1) is 7.11 Å². The lowest BCUT2D eigenvalue weighted by molar-refractivity contribution is 0.413. The number of hydrogen-bond acceptors (Lipinski definition) is 1. The van der Waals surface area contributed by atoms with Gasteiger partial charge in [-0.15, -0.1) is 0 Å². The zero-order valence-electron chi connectivity index (χ0n) is 8.99. The third-order valence-corrected chi connectivity index (χ3v) is 3.38. The van der Waals surface area contributed by atoms with Crippen molar-refractivity contribution in [3.63, 3.8) is 0 Å². The molecule has 0 saturated heterocycles. The summed E-state index contributed by atoms with van der Waals surface area (Å²) in [4.78, 5) is 0. The molecule has 76 valence electrons. The molecule has 2 rings (SSSR count). The van der Waals surface area contributed by atoms with Crippen molar-refractivity contribution >= 4 is 0 Å². The monoisotopic (exact) mass is 190 g/mol. The highest BCUT2D eigenvalue weighted by Gasteiger charge is 2.24. The highest BCUT2D eigenvalue weighted by molar-refractivity contribution is 5.31. The fraction of sp³-hybridized carbons (Fsp3) is 0.538. The van der Waals surface area contributed by atoms with Crippen molar-refractivity contribution in [2.75, 3.05) is 7.11 Å². The first-order valence-electron chi connectivity index (χ1n) is 5.45. The lowest BCUT2D eigenvalue weighted by Crippen LogP contribution is -2.01. The predicted octanol–water partition coefficient (Wildman–Crippen LogP) is 3.60. The van der Waals surface area contributed by atoms with E-state index >= 15 is 0 Å². The summed E-state index contributed by atoms with van der Waals surface area (Å²) in [6.45, 7) is 2.36. The van der Waals surface area contributed by atoms with E-state index in [4.69, 9.17) is 4.74 Å². The topological polar surface area (TPSA) is 9.23 Å². The standard InChI is InChI=1S/C13H18O/c1-10-5-3-8-13(10)11-6-4-7-12(9-11)14-2/h4,6-7,9-10,13H,3,5,8H2,1-2H3/t10?,13-/m1/s1. The predicted molar refractivity (Wildman–Crippen MR) is 58.8 cm³/mol. The van der Waals surface area contributed by atoms with E-state index in [0.717, 1.165) is 17.6 Å². The van der Waals surface area contributed by atoms with Crippen LogP contribution in [0.15, 0.2) is 24.3 Å². The van der Waals surface area contributed by atoms with Crippen LogP contribution in [0.4, 0.5) is 0 Å². The van der Waals surface area contributed by atoms with Crippen LogP contribution in [0, 0.1) is 5.92 Å². The molecular formula is C13H18O. The second-order valence-corrected chi connectivity index (χ2v) is 4.29. The van der Waals surface area contributed by atoms with E-state index in [1.807, 2.05) is 6.07 Å². The lowest BCUT2D eigenvalue weighted by atomic mass is 9.90. The molecule has 1 aliphatic carbocycles. The van der Waals surface area contributed by atoms with Crippen LogP contribution >= 0.6 is 0 Å². The summed E-state index contributed by atoms with van der Waals surface area (Å²) >= 11 is 0. The summed E-state index contributed by atoms with van der Waals surface area (Å²) in [5.74, 6) is 2.58. The van der Waals surface area contributed by atoms with Crippen molar-refractivity contribution in [3.8, 4) is 5.75 Å². The molecule has 1 unspecified atom stereocenters. The van der Waals surface area contributed by atoms with Crippen LogP contribution in [-0.4, -0.2) is 7.11 Å². The highest BCUT2D eigenvalue weighted by atomic mass is 16.5. The molecule has 2 atom stereocenters. The number of benzene rings is 1. The van der Waals surface area contributed by atoms with Gasteiger partial charge in [0, 0.05) is 0 Å². The van der Waals surface area contributed by atoms with Gasteiger partial charge in [-0.05, 0) is 36.0 Å². The number of rotatable bonds is 2. The van der Waals surface area contributed by atoms with Gasteiger partial charge in [0.15, 0.2) is 0 Å². The van der Waals surface area contributed by atoms with Crippen molar-refractivity contribution in [1.29, 1.82) is 0 Å². The summed E-state index contributed by atoms with van der Waals surface area (Å²) in [7, 11) is 1.73. The summed E-state index contributed by atoms with van der Waals surface area (Å²) in [5.41, 5.74) is 1.45. The second kappa shape index (κ2) is 4.04. The van der Waals surface area contributed by atoms with E-state index in [1.165, 1.54) is 24.8 Å². The molecular weight excluding hydrogens is 172 g/mol. The van der Waals surface area contributed by atoms with E-state index in [1.54, 1.807) is 7.11 Å². The van der Waals surface area contributed by atoms with Crippen molar-refractivity contribution in [2.45, 2.75) is 32.1 Å². The number of hydrogen-bond donors (Lipinski definition) is 0. The Labute approximate surface area is 86.1 Å². The van der Waals surface area contributed by atoms with E-state index in [0.29, 0.717) is 0 Å². The molecule has 1 fully saturated rings. The fourth-order valence-corrected chi connectivity index (χ4v) is 2.51. The van der Waals surface area contributed by atoms with Gasteiger partial charge in [-0.25, -0.2) is 0 Å². The molecule has 1 aliphatic rings. The maximum absolute atomic E-state index is 5.25. The molecule has 0 heterocycles. The van der Waals surface area contributed by atoms with Crippen molar-refractivity contribution in [3.05, 3.63) is 29.8 Å². The van der Waals surface area contributed by atoms with Gasteiger partial charge < -0.3 is 4.74 Å². The first-order valence-corrected chi connectivity index (χ1v) is 5.45. The first-order chi connectivity index (χ1) is 6.81. The van der Waals surface area contributed by atoms with Crippen LogP contribution in [0.1, 0.15) is 37.7 Å². The Bertz CT molecular complexity index is 306. The minimum atomic E-state index is 0.755. The van der Waals surface area contributed by atoms with Gasteiger partial charge in [0.2, 0.25) is 0 Å². The van der Waals surface area contributed by atoms with Crippen LogP contribution < -0.4 is 4.74 Å². The molecule has 0 amide bonds. The van der Waals surface area contributed by atoms with Crippen molar-refractivity contribution in [2.24, 2.45) is 5.92 Å². The Kier molecular flexibility index (Phi) is 2.76. The van der Waals surface area contributed by atoms with Gasteiger partial charge in [0.1, 0.15) is 5.75 Å². The molecule has 1 nitrogen and oxygen atoms in total. The molecule has 14 heavy (non-hydrogen) atoms. The Morgan fingerprint density at radius 2 is 2.14 bits per heavy atom. The molecule has 1 aromatic rings. The summed E-state index contributed by atoms with van der Waals surface area (Å²) in [5, 5.41) is 0. The average molecular weight is 190 g/mol. The zero-order chi connectivity index (χ0) is 9.97. The maximum atomic E-state index is 5.25. The van der Waals surface area contributed by atoms with E-state index in [2.05, 4.69) is 25.1 Å². The Balaban J connectivity index is 2.22. The van der Waals surface area contributed by atoms with Crippen LogP contribution in [-0.2, 0) is 0 Å². The third-order valence-electron chi connectivity index (χ3n) is 3.38. The maximum Gasteiger partial charge on any atom is 0.119 e. The molecule has 0 N–H and O–H groups in total. The van der Waals surface area contributed by atoms with E-state index < -0.39 is 0 Å². The zero-order valence-corrected chi connectivity index (χ0v) is 8.99.